The highest BCUT2D eigenvalue weighted by molar-refractivity contribution is 5.81. The first-order valence-corrected chi connectivity index (χ1v) is 10.3. The first-order valence-electron chi connectivity index (χ1n) is 10.3. The van der Waals surface area contributed by atoms with Gasteiger partial charge in [0.2, 0.25) is 0 Å². The molecule has 4 fully saturated rings. The Hall–Kier alpha value is -1.49. The van der Waals surface area contributed by atoms with Gasteiger partial charge in [-0.15, -0.1) is 0 Å². The summed E-state index contributed by atoms with van der Waals surface area (Å²) < 4.78 is 5.59. The minimum absolute atomic E-state index is 0.698. The van der Waals surface area contributed by atoms with Crippen molar-refractivity contribution in [1.29, 1.82) is 0 Å². The number of piperidine rings is 1. The Balaban J connectivity index is 1.35. The van der Waals surface area contributed by atoms with Crippen molar-refractivity contribution in [2.75, 3.05) is 32.8 Å². The Kier molecular flexibility index (Phi) is 4.65. The van der Waals surface area contributed by atoms with Crippen molar-refractivity contribution in [1.82, 2.24) is 14.8 Å². The normalized spacial score (nSPS) is 28.5. The van der Waals surface area contributed by atoms with Gasteiger partial charge in [0.1, 0.15) is 0 Å². The predicted octanol–water partition coefficient (Wildman–Crippen LogP) is 3.31. The minimum atomic E-state index is 0.698. The van der Waals surface area contributed by atoms with E-state index in [1.54, 1.807) is 0 Å². The van der Waals surface area contributed by atoms with Crippen LogP contribution in [0.4, 0.5) is 0 Å². The largest absolute Gasteiger partial charge is 0.381 e. The lowest BCUT2D eigenvalue weighted by molar-refractivity contribution is 0.0307. The van der Waals surface area contributed by atoms with Gasteiger partial charge in [-0.1, -0.05) is 18.2 Å². The monoisotopic (exact) mass is 351 g/mol. The van der Waals surface area contributed by atoms with Gasteiger partial charge in [-0.25, -0.2) is 0 Å². The fraction of sp³-hybridized carbons (Fsp3) is 0.591. The van der Waals surface area contributed by atoms with Gasteiger partial charge >= 0.3 is 0 Å². The summed E-state index contributed by atoms with van der Waals surface area (Å²) in [5, 5.41) is 1.32. The quantitative estimate of drug-likeness (QED) is 0.848. The zero-order valence-corrected chi connectivity index (χ0v) is 15.5. The van der Waals surface area contributed by atoms with E-state index in [1.807, 2.05) is 6.20 Å². The maximum absolute atomic E-state index is 5.59. The van der Waals surface area contributed by atoms with Crippen molar-refractivity contribution in [3.8, 4) is 0 Å². The SMILES string of the molecule is c1cc(CN2CC3CCC2CN(C2CCOCC2)C3)c2cccnc2c1. The molecule has 4 nitrogen and oxygen atoms in total. The fourth-order valence-corrected chi connectivity index (χ4v) is 5.28. The van der Waals surface area contributed by atoms with Crippen molar-refractivity contribution in [2.45, 2.75) is 44.3 Å². The van der Waals surface area contributed by atoms with E-state index in [1.165, 1.54) is 56.3 Å². The lowest BCUT2D eigenvalue weighted by atomic mass is 9.94. The summed E-state index contributed by atoms with van der Waals surface area (Å²) in [7, 11) is 0. The molecule has 0 radical (unpaired) electrons. The van der Waals surface area contributed by atoms with Crippen LogP contribution in [0, 0.1) is 5.92 Å². The van der Waals surface area contributed by atoms with Crippen LogP contribution in [0.3, 0.4) is 0 Å². The fourth-order valence-electron chi connectivity index (χ4n) is 5.28. The van der Waals surface area contributed by atoms with Gasteiger partial charge in [0.15, 0.2) is 0 Å². The lowest BCUT2D eigenvalue weighted by Gasteiger charge is -2.37. The number of hydrogen-bond donors (Lipinski definition) is 0. The highest BCUT2D eigenvalue weighted by Gasteiger charge is 2.37. The Labute approximate surface area is 156 Å². The molecular formula is C22H29N3O. The lowest BCUT2D eigenvalue weighted by Crippen LogP contribution is -2.45. The molecule has 4 heteroatoms. The zero-order chi connectivity index (χ0) is 17.3. The molecular weight excluding hydrogens is 322 g/mol. The number of nitrogens with zero attached hydrogens (tertiary/aromatic N) is 3. The molecule has 138 valence electrons. The van der Waals surface area contributed by atoms with Crippen LogP contribution in [-0.2, 0) is 11.3 Å². The second-order valence-corrected chi connectivity index (χ2v) is 8.31. The number of hydrogen-bond acceptors (Lipinski definition) is 4. The molecule has 0 saturated carbocycles. The molecule has 0 amide bonds. The summed E-state index contributed by atoms with van der Waals surface area (Å²) in [4.78, 5) is 10.1. The van der Waals surface area contributed by atoms with E-state index in [-0.39, 0.29) is 0 Å². The van der Waals surface area contributed by atoms with Crippen molar-refractivity contribution in [2.24, 2.45) is 5.92 Å². The standard InChI is InChI=1S/C22H29N3O/c1-3-18(21-4-2-10-23-22(21)5-1)15-24-13-17-6-7-20(24)16-25(14-17)19-8-11-26-12-9-19/h1-5,10,17,19-20H,6-9,11-16H2. The molecule has 5 heterocycles. The van der Waals surface area contributed by atoms with Crippen LogP contribution in [0.2, 0.25) is 0 Å². The molecule has 0 aliphatic carbocycles. The predicted molar refractivity (Wildman–Crippen MR) is 104 cm³/mol. The highest BCUT2D eigenvalue weighted by Crippen LogP contribution is 2.32. The summed E-state index contributed by atoms with van der Waals surface area (Å²) in [5.74, 6) is 0.824. The van der Waals surface area contributed by atoms with Crippen molar-refractivity contribution in [3.05, 3.63) is 42.1 Å². The third-order valence-corrected chi connectivity index (χ3v) is 6.67. The van der Waals surface area contributed by atoms with Gasteiger partial charge in [0.05, 0.1) is 5.52 Å². The third-order valence-electron chi connectivity index (χ3n) is 6.67. The maximum atomic E-state index is 5.59. The maximum Gasteiger partial charge on any atom is 0.0705 e. The smallest absolute Gasteiger partial charge is 0.0705 e. The van der Waals surface area contributed by atoms with E-state index in [4.69, 9.17) is 4.74 Å². The van der Waals surface area contributed by atoms with Crippen LogP contribution in [0.1, 0.15) is 31.2 Å². The second-order valence-electron chi connectivity index (χ2n) is 8.31. The Morgan fingerprint density at radius 3 is 2.77 bits per heavy atom. The third kappa shape index (κ3) is 3.26. The molecule has 26 heavy (non-hydrogen) atoms. The van der Waals surface area contributed by atoms with Crippen molar-refractivity contribution >= 4 is 10.9 Å². The van der Waals surface area contributed by atoms with Gasteiger partial charge in [0, 0.05) is 63.1 Å². The molecule has 4 aliphatic heterocycles. The molecule has 2 atom stereocenters. The number of aromatic nitrogens is 1. The van der Waals surface area contributed by atoms with Crippen LogP contribution < -0.4 is 0 Å². The number of rotatable bonds is 3. The van der Waals surface area contributed by atoms with E-state index in [0.29, 0.717) is 6.04 Å². The average molecular weight is 351 g/mol. The molecule has 4 saturated heterocycles. The second kappa shape index (κ2) is 7.26. The molecule has 0 spiro atoms. The minimum Gasteiger partial charge on any atom is -0.381 e. The average Bonchev–Trinajstić information content (AvgIpc) is 3.01. The van der Waals surface area contributed by atoms with Crippen LogP contribution in [-0.4, -0.2) is 59.7 Å². The summed E-state index contributed by atoms with van der Waals surface area (Å²) >= 11 is 0. The molecule has 1 aromatic heterocycles. The molecule has 1 aromatic carbocycles. The summed E-state index contributed by atoms with van der Waals surface area (Å²) in [6, 6.07) is 12.3. The number of ether oxygens (including phenoxy) is 1. The molecule has 2 bridgehead atoms. The Morgan fingerprint density at radius 1 is 0.923 bits per heavy atom. The molecule has 2 unspecified atom stereocenters. The van der Waals surface area contributed by atoms with Crippen LogP contribution in [0.15, 0.2) is 36.5 Å². The van der Waals surface area contributed by atoms with Crippen molar-refractivity contribution < 1.29 is 4.74 Å². The van der Waals surface area contributed by atoms with Crippen LogP contribution >= 0.6 is 0 Å². The van der Waals surface area contributed by atoms with Gasteiger partial charge in [-0.3, -0.25) is 14.8 Å². The topological polar surface area (TPSA) is 28.6 Å². The zero-order valence-electron chi connectivity index (χ0n) is 15.5. The van der Waals surface area contributed by atoms with E-state index < -0.39 is 0 Å². The number of pyridine rings is 1. The molecule has 4 aliphatic rings. The van der Waals surface area contributed by atoms with E-state index in [0.717, 1.165) is 37.2 Å². The molecule has 2 aromatic rings. The summed E-state index contributed by atoms with van der Waals surface area (Å²) in [6.45, 7) is 6.73. The van der Waals surface area contributed by atoms with Gasteiger partial charge in [0.25, 0.3) is 0 Å². The van der Waals surface area contributed by atoms with Gasteiger partial charge in [-0.2, -0.15) is 0 Å². The van der Waals surface area contributed by atoms with Crippen molar-refractivity contribution in [3.63, 3.8) is 0 Å². The van der Waals surface area contributed by atoms with E-state index in [9.17, 15) is 0 Å². The number of fused-ring (bicyclic) bond motifs is 5. The Bertz CT molecular complexity index is 753. The van der Waals surface area contributed by atoms with Crippen LogP contribution in [0.25, 0.3) is 10.9 Å². The summed E-state index contributed by atoms with van der Waals surface area (Å²) in [6.07, 6.45) is 7.08. The van der Waals surface area contributed by atoms with Crippen LogP contribution in [0.5, 0.6) is 0 Å². The Morgan fingerprint density at radius 2 is 1.85 bits per heavy atom. The summed E-state index contributed by atoms with van der Waals surface area (Å²) in [5.41, 5.74) is 2.55. The highest BCUT2D eigenvalue weighted by atomic mass is 16.5. The van der Waals surface area contributed by atoms with Gasteiger partial charge in [-0.05, 0) is 49.3 Å². The first-order chi connectivity index (χ1) is 12.9. The number of benzene rings is 1. The molecule has 6 rings (SSSR count). The van der Waals surface area contributed by atoms with E-state index >= 15 is 0 Å². The first kappa shape index (κ1) is 16.7. The molecule has 0 N–H and O–H groups in total. The van der Waals surface area contributed by atoms with E-state index in [2.05, 4.69) is 45.1 Å². The van der Waals surface area contributed by atoms with Gasteiger partial charge < -0.3 is 4.74 Å².